The number of hydrogen-bond donors (Lipinski definition) is 0. The molecule has 0 saturated heterocycles. The van der Waals surface area contributed by atoms with E-state index in [-0.39, 0.29) is 26.7 Å². The lowest BCUT2D eigenvalue weighted by atomic mass is 10.2. The van der Waals surface area contributed by atoms with Gasteiger partial charge in [0.1, 0.15) is 0 Å². The Hall–Kier alpha value is 0.00494. The van der Waals surface area contributed by atoms with E-state index in [4.69, 9.17) is 0 Å². The lowest BCUT2D eigenvalue weighted by Gasteiger charge is -2.49. The zero-order valence-corrected chi connectivity index (χ0v) is 15.2. The van der Waals surface area contributed by atoms with Gasteiger partial charge in [-0.15, -0.1) is 0 Å². The molecule has 0 fully saturated rings. The zero-order chi connectivity index (χ0) is 14.7. The van der Waals surface area contributed by atoms with E-state index in [1.807, 2.05) is 0 Å². The molecule has 0 spiro atoms. The highest BCUT2D eigenvalue weighted by molar-refractivity contribution is 7.62. The SMILES string of the molecule is CC(C)(C)P(C(C)(C)C)C(C)(C)C.F.F.F.F.FB(F)F. The summed E-state index contributed by atoms with van der Waals surface area (Å²) >= 11 is 0. The highest BCUT2D eigenvalue weighted by atomic mass is 31.1. The average molecular weight is 350 g/mol. The molecule has 0 heterocycles. The summed E-state index contributed by atoms with van der Waals surface area (Å²) in [5, 5.41) is 1.35. The van der Waals surface area contributed by atoms with E-state index in [0.29, 0.717) is 15.5 Å². The van der Waals surface area contributed by atoms with Crippen molar-refractivity contribution in [3.63, 3.8) is 0 Å². The van der Waals surface area contributed by atoms with Crippen LogP contribution in [0.15, 0.2) is 0 Å². The summed E-state index contributed by atoms with van der Waals surface area (Å²) in [4.78, 5) is 0. The maximum absolute atomic E-state index is 9.67. The van der Waals surface area contributed by atoms with E-state index in [9.17, 15) is 12.9 Å². The van der Waals surface area contributed by atoms with Gasteiger partial charge in [0.05, 0.1) is 0 Å². The smallest absolute Gasteiger partial charge is 0.269 e. The number of hydrogen-bond acceptors (Lipinski definition) is 0. The Kier molecular flexibility index (Phi) is 22.3. The van der Waals surface area contributed by atoms with Crippen molar-refractivity contribution in [1.82, 2.24) is 0 Å². The standard InChI is InChI=1S/C12H27P.BF3.4FH/c1-10(2,3)13(11(4,5)6)12(7,8)9;2-1(3)4;;;;/h1-9H3;;4*1H. The van der Waals surface area contributed by atoms with Gasteiger partial charge in [0.2, 0.25) is 0 Å². The van der Waals surface area contributed by atoms with Crippen molar-refractivity contribution in [1.29, 1.82) is 0 Å². The van der Waals surface area contributed by atoms with Gasteiger partial charge in [-0.05, 0) is 15.5 Å². The van der Waals surface area contributed by atoms with Gasteiger partial charge >= 0.3 is 7.54 Å². The van der Waals surface area contributed by atoms with Crippen molar-refractivity contribution >= 4 is 15.5 Å². The maximum Gasteiger partial charge on any atom is 0.762 e. The monoisotopic (exact) mass is 350 g/mol. The van der Waals surface area contributed by atoms with Crippen molar-refractivity contribution < 1.29 is 31.8 Å². The molecule has 0 amide bonds. The molecule has 21 heavy (non-hydrogen) atoms. The Morgan fingerprint density at radius 1 is 0.524 bits per heavy atom. The van der Waals surface area contributed by atoms with Crippen LogP contribution in [0.3, 0.4) is 0 Å². The molecular formula is C12H31BF7P. The van der Waals surface area contributed by atoms with E-state index >= 15 is 0 Å². The largest absolute Gasteiger partial charge is 0.762 e. The first-order chi connectivity index (χ1) is 7.10. The van der Waals surface area contributed by atoms with E-state index in [2.05, 4.69) is 62.3 Å². The van der Waals surface area contributed by atoms with Crippen molar-refractivity contribution in [3.8, 4) is 0 Å². The van der Waals surface area contributed by atoms with Crippen molar-refractivity contribution in [2.75, 3.05) is 0 Å². The average Bonchev–Trinajstić information content (AvgIpc) is 1.69. The Bertz CT molecular complexity index is 183. The number of halogens is 7. The summed E-state index contributed by atoms with van der Waals surface area (Å²) < 4.78 is 29.0. The fourth-order valence-corrected chi connectivity index (χ4v) is 9.06. The topological polar surface area (TPSA) is 0 Å². The van der Waals surface area contributed by atoms with Crippen molar-refractivity contribution in [2.24, 2.45) is 0 Å². The molecule has 0 aliphatic heterocycles. The Morgan fingerprint density at radius 2 is 0.619 bits per heavy atom. The Balaban J connectivity index is -0.0000000629. The van der Waals surface area contributed by atoms with Gasteiger partial charge in [0.25, 0.3) is 0 Å². The second-order valence-corrected chi connectivity index (χ2v) is 11.8. The van der Waals surface area contributed by atoms with Crippen LogP contribution in [0.4, 0.5) is 31.8 Å². The Morgan fingerprint density at radius 3 is 0.619 bits per heavy atom. The van der Waals surface area contributed by atoms with Crippen LogP contribution in [0.1, 0.15) is 62.3 Å². The van der Waals surface area contributed by atoms with Gasteiger partial charge in [0, 0.05) is 0 Å². The minimum absolute atomic E-state index is 0. The summed E-state index contributed by atoms with van der Waals surface area (Å²) in [5.74, 6) is 0. The van der Waals surface area contributed by atoms with Gasteiger partial charge in [0.15, 0.2) is 0 Å². The summed E-state index contributed by atoms with van der Waals surface area (Å²) in [7, 11) is -3.65. The first-order valence-electron chi connectivity index (χ1n) is 5.83. The summed E-state index contributed by atoms with van der Waals surface area (Å²) in [6.07, 6.45) is 0. The van der Waals surface area contributed by atoms with Crippen LogP contribution < -0.4 is 0 Å². The van der Waals surface area contributed by atoms with E-state index in [1.165, 1.54) is 0 Å². The molecule has 0 nitrogen and oxygen atoms in total. The first kappa shape index (κ1) is 37.3. The van der Waals surface area contributed by atoms with Gasteiger partial charge in [-0.2, -0.15) is 0 Å². The van der Waals surface area contributed by atoms with E-state index in [0.717, 1.165) is 0 Å². The third kappa shape index (κ3) is 20.0. The second kappa shape index (κ2) is 12.5. The Labute approximate surface area is 126 Å². The quantitative estimate of drug-likeness (QED) is 0.271. The minimum Gasteiger partial charge on any atom is -0.269 e. The van der Waals surface area contributed by atoms with Gasteiger partial charge in [-0.1, -0.05) is 70.2 Å². The van der Waals surface area contributed by atoms with Crippen LogP contribution in [0.2, 0.25) is 0 Å². The normalized spacial score (nSPS) is 10.7. The molecule has 0 unspecified atom stereocenters. The molecule has 0 aromatic rings. The van der Waals surface area contributed by atoms with Crippen LogP contribution in [0.25, 0.3) is 0 Å². The molecule has 0 aliphatic carbocycles. The van der Waals surface area contributed by atoms with E-state index < -0.39 is 7.54 Å². The first-order valence-corrected chi connectivity index (χ1v) is 7.17. The molecule has 0 aromatic carbocycles. The van der Waals surface area contributed by atoms with Crippen molar-refractivity contribution in [3.05, 3.63) is 0 Å². The molecule has 0 bridgehead atoms. The highest BCUT2D eigenvalue weighted by Gasteiger charge is 2.41. The van der Waals surface area contributed by atoms with Crippen molar-refractivity contribution in [2.45, 2.75) is 77.8 Å². The third-order valence-corrected chi connectivity index (χ3v) is 6.04. The molecule has 9 heteroatoms. The molecular weight excluding hydrogens is 319 g/mol. The van der Waals surface area contributed by atoms with Gasteiger partial charge in [-0.25, -0.2) is 0 Å². The summed E-state index contributed by atoms with van der Waals surface area (Å²) in [5.41, 5.74) is 0. The van der Waals surface area contributed by atoms with Crippen LogP contribution >= 0.6 is 7.92 Å². The molecule has 0 aliphatic rings. The molecule has 0 radical (unpaired) electrons. The van der Waals surface area contributed by atoms with Crippen LogP contribution in [-0.4, -0.2) is 23.0 Å². The predicted octanol–water partition coefficient (Wildman–Crippen LogP) is 6.35. The van der Waals surface area contributed by atoms with Gasteiger partial charge < -0.3 is 0 Å². The summed E-state index contributed by atoms with van der Waals surface area (Å²) in [6.45, 7) is 21.5. The molecule has 0 aromatic heterocycles. The third-order valence-electron chi connectivity index (χ3n) is 2.01. The minimum atomic E-state index is -3.67. The second-order valence-electron chi connectivity index (χ2n) is 7.10. The van der Waals surface area contributed by atoms with Crippen LogP contribution in [0.5, 0.6) is 0 Å². The molecule has 136 valence electrons. The zero-order valence-electron chi connectivity index (χ0n) is 14.3. The fraction of sp³-hybridized carbons (Fsp3) is 1.00. The molecule has 0 rings (SSSR count). The highest BCUT2D eigenvalue weighted by Crippen LogP contribution is 2.66. The predicted molar refractivity (Wildman–Crippen MR) is 85.3 cm³/mol. The molecule has 0 N–H and O–H groups in total. The van der Waals surface area contributed by atoms with Crippen LogP contribution in [0, 0.1) is 0 Å². The fourth-order valence-electron chi connectivity index (χ4n) is 3.02. The molecule has 0 saturated carbocycles. The lowest BCUT2D eigenvalue weighted by molar-refractivity contribution is 0.535. The van der Waals surface area contributed by atoms with Gasteiger partial charge in [-0.3, -0.25) is 31.8 Å². The van der Waals surface area contributed by atoms with Crippen LogP contribution in [-0.2, 0) is 0 Å². The number of rotatable bonds is 0. The van der Waals surface area contributed by atoms with E-state index in [1.54, 1.807) is 0 Å². The lowest BCUT2D eigenvalue weighted by Crippen LogP contribution is -2.34. The maximum atomic E-state index is 9.67. The molecule has 0 atom stereocenters. The summed E-state index contributed by atoms with van der Waals surface area (Å²) in [6, 6.07) is 0.